The van der Waals surface area contributed by atoms with Crippen molar-refractivity contribution in [2.75, 3.05) is 5.75 Å². The molecule has 0 aliphatic carbocycles. The zero-order valence-electron chi connectivity index (χ0n) is 9.83. The first kappa shape index (κ1) is 14.5. The largest absolute Gasteiger partial charge is 0.480 e. The Hall–Kier alpha value is -1.53. The fourth-order valence-electron chi connectivity index (χ4n) is 1.29. The molecule has 98 valence electrons. The number of nitrogens with two attached hydrogens (primary N) is 2. The smallest absolute Gasteiger partial charge is 0.320 e. The monoisotopic (exact) mass is 268 g/mol. The lowest BCUT2D eigenvalue weighted by Gasteiger charge is -2.06. The summed E-state index contributed by atoms with van der Waals surface area (Å²) in [5.74, 6) is 0.0270. The van der Waals surface area contributed by atoms with Gasteiger partial charge in [0.15, 0.2) is 0 Å². The van der Waals surface area contributed by atoms with Crippen molar-refractivity contribution in [1.82, 2.24) is 0 Å². The number of carboxylic acids is 1. The summed E-state index contributed by atoms with van der Waals surface area (Å²) in [5.41, 5.74) is 12.1. The van der Waals surface area contributed by atoms with Gasteiger partial charge in [-0.05, 0) is 29.9 Å². The van der Waals surface area contributed by atoms with Crippen LogP contribution in [0.25, 0.3) is 0 Å². The highest BCUT2D eigenvalue weighted by atomic mass is 32.2. The lowest BCUT2D eigenvalue weighted by atomic mass is 10.1. The van der Waals surface area contributed by atoms with E-state index in [-0.39, 0.29) is 0 Å². The Morgan fingerprint density at radius 1 is 1.28 bits per heavy atom. The Morgan fingerprint density at radius 3 is 2.39 bits per heavy atom. The van der Waals surface area contributed by atoms with Gasteiger partial charge in [-0.1, -0.05) is 12.1 Å². The van der Waals surface area contributed by atoms with Gasteiger partial charge in [0.2, 0.25) is 5.91 Å². The molecule has 0 saturated carbocycles. The van der Waals surface area contributed by atoms with E-state index in [9.17, 15) is 9.59 Å². The molecule has 0 radical (unpaired) electrons. The number of rotatable bonds is 7. The number of thioether (sulfide) groups is 1. The maximum absolute atomic E-state index is 10.9. The number of carbonyl (C=O) groups excluding carboxylic acids is 1. The molecular weight excluding hydrogens is 252 g/mol. The fourth-order valence-corrected chi connectivity index (χ4v) is 2.28. The molecule has 0 aliphatic rings. The molecule has 1 amide bonds. The lowest BCUT2D eigenvalue weighted by Crippen LogP contribution is -2.30. The van der Waals surface area contributed by atoms with Crippen LogP contribution >= 0.6 is 11.8 Å². The zero-order valence-corrected chi connectivity index (χ0v) is 10.7. The molecule has 1 aromatic carbocycles. The molecule has 5 nitrogen and oxygen atoms in total. The van der Waals surface area contributed by atoms with Crippen molar-refractivity contribution in [1.29, 1.82) is 0 Å². The van der Waals surface area contributed by atoms with E-state index in [2.05, 4.69) is 0 Å². The topological polar surface area (TPSA) is 106 Å². The lowest BCUT2D eigenvalue weighted by molar-refractivity contribution is -0.138. The van der Waals surface area contributed by atoms with Gasteiger partial charge in [0.05, 0.1) is 0 Å². The van der Waals surface area contributed by atoms with Gasteiger partial charge in [0, 0.05) is 11.3 Å². The molecule has 6 heteroatoms. The summed E-state index contributed by atoms with van der Waals surface area (Å²) in [6, 6.07) is 6.24. The normalized spacial score (nSPS) is 12.1. The molecule has 0 spiro atoms. The fraction of sp³-hybridized carbons (Fsp3) is 0.333. The number of carbonyl (C=O) groups is 2. The second-order valence-electron chi connectivity index (χ2n) is 3.85. The molecule has 0 aromatic heterocycles. The average Bonchev–Trinajstić information content (AvgIpc) is 2.34. The van der Waals surface area contributed by atoms with Crippen molar-refractivity contribution in [3.63, 3.8) is 0 Å². The van der Waals surface area contributed by atoms with Crippen LogP contribution in [0.2, 0.25) is 0 Å². The number of hydrogen-bond acceptors (Lipinski definition) is 4. The molecular formula is C12H16N2O3S. The second-order valence-corrected chi connectivity index (χ2v) is 4.95. The summed E-state index contributed by atoms with van der Waals surface area (Å²) in [7, 11) is 0. The maximum atomic E-state index is 10.9. The van der Waals surface area contributed by atoms with E-state index in [0.717, 1.165) is 11.3 Å². The summed E-state index contributed by atoms with van der Waals surface area (Å²) in [6.45, 7) is 0. The van der Waals surface area contributed by atoms with Crippen molar-refractivity contribution in [2.24, 2.45) is 11.5 Å². The van der Waals surface area contributed by atoms with Gasteiger partial charge in [0.1, 0.15) is 6.04 Å². The van der Waals surface area contributed by atoms with Crippen LogP contribution in [0.5, 0.6) is 0 Å². The molecule has 0 saturated heterocycles. The minimum absolute atomic E-state index is 0.443. The van der Waals surface area contributed by atoms with E-state index >= 15 is 0 Å². The molecule has 0 bridgehead atoms. The molecule has 0 aliphatic heterocycles. The van der Waals surface area contributed by atoms with Gasteiger partial charge < -0.3 is 16.6 Å². The molecule has 18 heavy (non-hydrogen) atoms. The number of carboxylic acid groups (broad SMARTS) is 1. The van der Waals surface area contributed by atoms with Crippen molar-refractivity contribution < 1.29 is 14.7 Å². The van der Waals surface area contributed by atoms with Crippen LogP contribution in [0.3, 0.4) is 0 Å². The number of amides is 1. The highest BCUT2D eigenvalue weighted by molar-refractivity contribution is 7.98. The summed E-state index contributed by atoms with van der Waals surface area (Å²) >= 11 is 1.61. The second kappa shape index (κ2) is 7.03. The molecule has 1 atom stereocenters. The molecule has 0 fully saturated rings. The molecule has 1 rings (SSSR count). The Balaban J connectivity index is 2.31. The first-order chi connectivity index (χ1) is 8.50. The predicted octanol–water partition coefficient (Wildman–Crippen LogP) is 0.821. The first-order valence-corrected chi connectivity index (χ1v) is 6.61. The van der Waals surface area contributed by atoms with Crippen molar-refractivity contribution in [3.05, 3.63) is 35.4 Å². The third kappa shape index (κ3) is 4.77. The predicted molar refractivity (Wildman–Crippen MR) is 71.4 cm³/mol. The van der Waals surface area contributed by atoms with Crippen LogP contribution in [0.15, 0.2) is 24.3 Å². The average molecular weight is 268 g/mol. The first-order valence-electron chi connectivity index (χ1n) is 5.45. The van der Waals surface area contributed by atoms with E-state index in [4.69, 9.17) is 16.6 Å². The van der Waals surface area contributed by atoms with Crippen LogP contribution in [0, 0.1) is 0 Å². The van der Waals surface area contributed by atoms with E-state index in [1.165, 1.54) is 0 Å². The zero-order chi connectivity index (χ0) is 13.5. The molecule has 5 N–H and O–H groups in total. The van der Waals surface area contributed by atoms with E-state index in [1.54, 1.807) is 23.9 Å². The number of hydrogen-bond donors (Lipinski definition) is 3. The Bertz CT molecular complexity index is 420. The van der Waals surface area contributed by atoms with Gasteiger partial charge in [-0.25, -0.2) is 0 Å². The number of aliphatic carboxylic acids is 1. The summed E-state index contributed by atoms with van der Waals surface area (Å²) < 4.78 is 0. The maximum Gasteiger partial charge on any atom is 0.320 e. The van der Waals surface area contributed by atoms with Crippen LogP contribution in [-0.4, -0.2) is 28.8 Å². The van der Waals surface area contributed by atoms with E-state index in [0.29, 0.717) is 17.7 Å². The Morgan fingerprint density at radius 2 is 1.89 bits per heavy atom. The highest BCUT2D eigenvalue weighted by Gasteiger charge is 2.10. The number of benzene rings is 1. The highest BCUT2D eigenvalue weighted by Crippen LogP contribution is 2.14. The standard InChI is InChI=1S/C12H16N2O3S/c13-10(12(16)17)5-6-18-7-8-1-3-9(4-2-8)11(14)15/h1-4,10H,5-7,13H2,(H2,14,15)(H,16,17). The molecule has 1 unspecified atom stereocenters. The van der Waals surface area contributed by atoms with Crippen molar-refractivity contribution in [2.45, 2.75) is 18.2 Å². The van der Waals surface area contributed by atoms with Gasteiger partial charge >= 0.3 is 5.97 Å². The van der Waals surface area contributed by atoms with Crippen LogP contribution in [-0.2, 0) is 10.5 Å². The molecule has 0 heterocycles. The van der Waals surface area contributed by atoms with Gasteiger partial charge in [-0.2, -0.15) is 11.8 Å². The Labute approximate surface area is 110 Å². The van der Waals surface area contributed by atoms with Gasteiger partial charge in [-0.3, -0.25) is 9.59 Å². The third-order valence-electron chi connectivity index (χ3n) is 2.40. The summed E-state index contributed by atoms with van der Waals surface area (Å²) in [6.07, 6.45) is 0.444. The quantitative estimate of drug-likeness (QED) is 0.635. The molecule has 1 aromatic rings. The van der Waals surface area contributed by atoms with Gasteiger partial charge in [-0.15, -0.1) is 0 Å². The summed E-state index contributed by atoms with van der Waals surface area (Å²) in [5, 5.41) is 8.60. The van der Waals surface area contributed by atoms with E-state index in [1.807, 2.05) is 12.1 Å². The van der Waals surface area contributed by atoms with Crippen molar-refractivity contribution in [3.8, 4) is 0 Å². The minimum atomic E-state index is -0.971. The van der Waals surface area contributed by atoms with Gasteiger partial charge in [0.25, 0.3) is 0 Å². The minimum Gasteiger partial charge on any atom is -0.480 e. The Kier molecular flexibility index (Phi) is 5.67. The van der Waals surface area contributed by atoms with Crippen LogP contribution in [0.4, 0.5) is 0 Å². The van der Waals surface area contributed by atoms with Crippen LogP contribution < -0.4 is 11.5 Å². The SMILES string of the molecule is NC(=O)c1ccc(CSCCC(N)C(=O)O)cc1. The van der Waals surface area contributed by atoms with Crippen molar-refractivity contribution >= 4 is 23.6 Å². The van der Waals surface area contributed by atoms with Crippen LogP contribution in [0.1, 0.15) is 22.3 Å². The third-order valence-corrected chi connectivity index (χ3v) is 3.46. The van der Waals surface area contributed by atoms with E-state index < -0.39 is 17.9 Å². The number of primary amides is 1. The summed E-state index contributed by atoms with van der Waals surface area (Å²) in [4.78, 5) is 21.3.